The van der Waals surface area contributed by atoms with Gasteiger partial charge in [0.2, 0.25) is 0 Å². The van der Waals surface area contributed by atoms with Crippen LogP contribution in [0.3, 0.4) is 0 Å². The van der Waals surface area contributed by atoms with E-state index in [2.05, 4.69) is 17.2 Å². The van der Waals surface area contributed by atoms with Gasteiger partial charge in [-0.15, -0.1) is 0 Å². The van der Waals surface area contributed by atoms with Crippen LogP contribution in [0.2, 0.25) is 0 Å². The third kappa shape index (κ3) is 5.26. The average molecular weight is 418 g/mol. The highest BCUT2D eigenvalue weighted by Crippen LogP contribution is 2.22. The lowest BCUT2D eigenvalue weighted by atomic mass is 10.1. The summed E-state index contributed by atoms with van der Waals surface area (Å²) in [6, 6.07) is 5.93. The van der Waals surface area contributed by atoms with Crippen LogP contribution in [-0.2, 0) is 6.54 Å². The predicted octanol–water partition coefficient (Wildman–Crippen LogP) is 3.54. The molecule has 0 atom stereocenters. The molecule has 8 heteroatoms. The van der Waals surface area contributed by atoms with Gasteiger partial charge in [-0.2, -0.15) is 0 Å². The van der Waals surface area contributed by atoms with Gasteiger partial charge in [0.1, 0.15) is 5.82 Å². The van der Waals surface area contributed by atoms with Crippen LogP contribution in [0.15, 0.2) is 27.8 Å². The number of unbranched alkanes of at least 4 members (excludes halogenated alkanes) is 2. The van der Waals surface area contributed by atoms with Crippen molar-refractivity contribution in [1.82, 2.24) is 9.55 Å². The standard InChI is InChI=1S/C21H31N5O2S/c1-5-7-12-25(21(29)23-16-11-9-10-14(3)15(16)4)17-18(22)26(13-8-6-2)20(28)24-19(17)27/h9-11H,5-8,12-13,22H2,1-4H3,(H,23,29)(H,24,27,28). The van der Waals surface area contributed by atoms with Crippen molar-refractivity contribution in [3.8, 4) is 0 Å². The number of H-pyrrole nitrogens is 1. The van der Waals surface area contributed by atoms with Crippen LogP contribution in [0.25, 0.3) is 0 Å². The molecular formula is C21H31N5O2S. The summed E-state index contributed by atoms with van der Waals surface area (Å²) in [4.78, 5) is 29.1. The number of thiocarbonyl (C=S) groups is 1. The summed E-state index contributed by atoms with van der Waals surface area (Å²) < 4.78 is 1.42. The van der Waals surface area contributed by atoms with Crippen LogP contribution in [-0.4, -0.2) is 21.2 Å². The summed E-state index contributed by atoms with van der Waals surface area (Å²) in [7, 11) is 0. The number of rotatable bonds is 8. The minimum Gasteiger partial charge on any atom is -0.383 e. The maximum Gasteiger partial charge on any atom is 0.330 e. The second-order valence-corrected chi connectivity index (χ2v) is 7.57. The average Bonchev–Trinajstić information content (AvgIpc) is 2.67. The first-order valence-electron chi connectivity index (χ1n) is 10.1. The van der Waals surface area contributed by atoms with Gasteiger partial charge < -0.3 is 16.0 Å². The molecule has 0 amide bonds. The Kier molecular flexibility index (Phi) is 8.01. The number of aromatic nitrogens is 2. The zero-order chi connectivity index (χ0) is 21.6. The molecule has 2 rings (SSSR count). The van der Waals surface area contributed by atoms with Crippen molar-refractivity contribution in [1.29, 1.82) is 0 Å². The molecule has 0 aliphatic heterocycles. The van der Waals surface area contributed by atoms with E-state index in [0.717, 1.165) is 42.5 Å². The Morgan fingerprint density at radius 2 is 1.90 bits per heavy atom. The van der Waals surface area contributed by atoms with Crippen molar-refractivity contribution < 1.29 is 0 Å². The zero-order valence-corrected chi connectivity index (χ0v) is 18.5. The van der Waals surface area contributed by atoms with E-state index in [1.54, 1.807) is 4.90 Å². The largest absolute Gasteiger partial charge is 0.383 e. The van der Waals surface area contributed by atoms with E-state index in [1.807, 2.05) is 39.0 Å². The van der Waals surface area contributed by atoms with Gasteiger partial charge in [0, 0.05) is 18.8 Å². The van der Waals surface area contributed by atoms with Gasteiger partial charge in [0.05, 0.1) is 0 Å². The smallest absolute Gasteiger partial charge is 0.330 e. The molecule has 1 aromatic carbocycles. The number of anilines is 3. The van der Waals surface area contributed by atoms with Gasteiger partial charge in [-0.3, -0.25) is 14.3 Å². The van der Waals surface area contributed by atoms with Crippen LogP contribution in [0.5, 0.6) is 0 Å². The van der Waals surface area contributed by atoms with E-state index >= 15 is 0 Å². The SMILES string of the molecule is CCCCN(C(=S)Nc1cccc(C)c1C)c1c(N)n(CCCC)c(=O)[nH]c1=O. The Bertz CT molecular complexity index is 980. The molecule has 7 nitrogen and oxygen atoms in total. The first-order valence-corrected chi connectivity index (χ1v) is 10.5. The molecule has 0 radical (unpaired) electrons. The van der Waals surface area contributed by atoms with Gasteiger partial charge in [-0.1, -0.05) is 38.8 Å². The molecule has 0 saturated heterocycles. The number of aromatic amines is 1. The molecule has 29 heavy (non-hydrogen) atoms. The number of hydrogen-bond donors (Lipinski definition) is 3. The van der Waals surface area contributed by atoms with E-state index in [9.17, 15) is 9.59 Å². The molecule has 0 spiro atoms. The predicted molar refractivity (Wildman–Crippen MR) is 125 cm³/mol. The van der Waals surface area contributed by atoms with Gasteiger partial charge in [-0.05, 0) is 56.1 Å². The van der Waals surface area contributed by atoms with Gasteiger partial charge in [-0.25, -0.2) is 4.79 Å². The highest BCUT2D eigenvalue weighted by molar-refractivity contribution is 7.80. The minimum absolute atomic E-state index is 0.147. The molecule has 0 aliphatic rings. The first kappa shape index (κ1) is 22.7. The van der Waals surface area contributed by atoms with Crippen LogP contribution < -0.4 is 27.2 Å². The Morgan fingerprint density at radius 1 is 1.21 bits per heavy atom. The van der Waals surface area contributed by atoms with Crippen molar-refractivity contribution >= 4 is 34.5 Å². The molecular weight excluding hydrogens is 386 g/mol. The van der Waals surface area contributed by atoms with E-state index in [1.165, 1.54) is 4.57 Å². The zero-order valence-electron chi connectivity index (χ0n) is 17.7. The fourth-order valence-corrected chi connectivity index (χ4v) is 3.37. The Labute approximate surface area is 176 Å². The maximum atomic E-state index is 12.7. The van der Waals surface area contributed by atoms with Gasteiger partial charge in [0.15, 0.2) is 10.8 Å². The molecule has 0 saturated carbocycles. The van der Waals surface area contributed by atoms with Crippen LogP contribution in [0.4, 0.5) is 17.2 Å². The molecule has 0 bridgehead atoms. The molecule has 4 N–H and O–H groups in total. The fourth-order valence-electron chi connectivity index (χ4n) is 3.08. The van der Waals surface area contributed by atoms with Crippen molar-refractivity contribution in [2.45, 2.75) is 59.9 Å². The number of nitrogens with zero attached hydrogens (tertiary/aromatic N) is 2. The Morgan fingerprint density at radius 3 is 2.55 bits per heavy atom. The quantitative estimate of drug-likeness (QED) is 0.569. The summed E-state index contributed by atoms with van der Waals surface area (Å²) >= 11 is 5.66. The summed E-state index contributed by atoms with van der Waals surface area (Å²) in [5.74, 6) is 0.147. The molecule has 158 valence electrons. The summed E-state index contributed by atoms with van der Waals surface area (Å²) in [6.45, 7) is 9.11. The van der Waals surface area contributed by atoms with E-state index in [4.69, 9.17) is 18.0 Å². The summed E-state index contributed by atoms with van der Waals surface area (Å²) in [6.07, 6.45) is 3.44. The summed E-state index contributed by atoms with van der Waals surface area (Å²) in [5.41, 5.74) is 8.60. The monoisotopic (exact) mass is 417 g/mol. The van der Waals surface area contributed by atoms with E-state index < -0.39 is 11.2 Å². The third-order valence-corrected chi connectivity index (χ3v) is 5.37. The normalized spacial score (nSPS) is 10.8. The molecule has 1 aromatic heterocycles. The van der Waals surface area contributed by atoms with E-state index in [0.29, 0.717) is 18.2 Å². The highest BCUT2D eigenvalue weighted by Gasteiger charge is 2.22. The van der Waals surface area contributed by atoms with Crippen LogP contribution in [0.1, 0.15) is 50.7 Å². The molecule has 2 aromatic rings. The number of nitrogens with two attached hydrogens (primary N) is 1. The van der Waals surface area contributed by atoms with Crippen molar-refractivity contribution in [3.05, 3.63) is 50.2 Å². The van der Waals surface area contributed by atoms with Crippen LogP contribution >= 0.6 is 12.2 Å². The Hall–Kier alpha value is -2.61. The maximum absolute atomic E-state index is 12.7. The molecule has 0 unspecified atom stereocenters. The topological polar surface area (TPSA) is 96.2 Å². The van der Waals surface area contributed by atoms with Crippen LogP contribution in [0, 0.1) is 13.8 Å². The lowest BCUT2D eigenvalue weighted by molar-refractivity contribution is 0.604. The fraction of sp³-hybridized carbons (Fsp3) is 0.476. The summed E-state index contributed by atoms with van der Waals surface area (Å²) in [5, 5.41) is 3.63. The van der Waals surface area contributed by atoms with Crippen molar-refractivity contribution in [2.75, 3.05) is 22.5 Å². The number of aryl methyl sites for hydroxylation is 1. The second-order valence-electron chi connectivity index (χ2n) is 7.18. The first-order chi connectivity index (χ1) is 13.8. The number of benzene rings is 1. The lowest BCUT2D eigenvalue weighted by Gasteiger charge is -2.27. The van der Waals surface area contributed by atoms with Crippen molar-refractivity contribution in [2.24, 2.45) is 0 Å². The van der Waals surface area contributed by atoms with Gasteiger partial charge >= 0.3 is 5.69 Å². The molecule has 1 heterocycles. The lowest BCUT2D eigenvalue weighted by Crippen LogP contribution is -2.43. The minimum atomic E-state index is -0.526. The molecule has 0 fully saturated rings. The van der Waals surface area contributed by atoms with Crippen molar-refractivity contribution in [3.63, 3.8) is 0 Å². The number of hydrogen-bond acceptors (Lipinski definition) is 4. The highest BCUT2D eigenvalue weighted by atomic mass is 32.1. The number of nitrogen functional groups attached to an aromatic ring is 1. The molecule has 0 aliphatic carbocycles. The van der Waals surface area contributed by atoms with E-state index in [-0.39, 0.29) is 11.5 Å². The van der Waals surface area contributed by atoms with Gasteiger partial charge in [0.25, 0.3) is 5.56 Å². The second kappa shape index (κ2) is 10.2. The number of nitrogens with one attached hydrogen (secondary N) is 2. The Balaban J connectivity index is 2.49. The third-order valence-electron chi connectivity index (χ3n) is 5.05.